The van der Waals surface area contributed by atoms with Crippen LogP contribution in [0, 0.1) is 0 Å². The van der Waals surface area contributed by atoms with E-state index in [4.69, 9.17) is 4.43 Å². The Kier molecular flexibility index (Phi) is 5.06. The summed E-state index contributed by atoms with van der Waals surface area (Å²) in [6, 6.07) is 0. The summed E-state index contributed by atoms with van der Waals surface area (Å²) in [6.07, 6.45) is 3.43. The number of rotatable bonds is 6. The van der Waals surface area contributed by atoms with Crippen LogP contribution in [0.5, 0.6) is 0 Å². The van der Waals surface area contributed by atoms with Crippen molar-refractivity contribution >= 4 is 8.32 Å². The monoisotopic (exact) mass is 230 g/mol. The molecule has 0 bridgehead atoms. The van der Waals surface area contributed by atoms with Crippen molar-refractivity contribution < 1.29 is 4.43 Å². The molecule has 0 saturated carbocycles. The van der Waals surface area contributed by atoms with E-state index in [9.17, 15) is 0 Å². The van der Waals surface area contributed by atoms with E-state index in [1.165, 1.54) is 6.42 Å². The van der Waals surface area contributed by atoms with Crippen molar-refractivity contribution in [2.24, 2.45) is 0 Å². The summed E-state index contributed by atoms with van der Waals surface area (Å²) in [5.41, 5.74) is 0.0855. The third kappa shape index (κ3) is 3.60. The lowest BCUT2D eigenvalue weighted by Crippen LogP contribution is -2.49. The van der Waals surface area contributed by atoms with Crippen LogP contribution < -0.4 is 0 Å². The Balaban J connectivity index is 4.76. The highest BCUT2D eigenvalue weighted by Gasteiger charge is 2.43. The van der Waals surface area contributed by atoms with E-state index in [-0.39, 0.29) is 5.60 Å². The fourth-order valence-electron chi connectivity index (χ4n) is 1.57. The molecule has 0 saturated heterocycles. The van der Waals surface area contributed by atoms with Gasteiger partial charge in [0.25, 0.3) is 0 Å². The minimum absolute atomic E-state index is 0.0855. The molecule has 0 rings (SSSR count). The molecule has 0 aromatic rings. The standard InChI is InChI=1S/C13H30OSi/c1-9-12(4,5)15(7,8)14-13(6,10-2)11-3/h9-11H2,1-8H3. The molecule has 0 aliphatic carbocycles. The lowest BCUT2D eigenvalue weighted by Gasteiger charge is -2.45. The van der Waals surface area contributed by atoms with Gasteiger partial charge in [-0.05, 0) is 37.9 Å². The summed E-state index contributed by atoms with van der Waals surface area (Å²) < 4.78 is 6.52. The van der Waals surface area contributed by atoms with Gasteiger partial charge >= 0.3 is 0 Å². The minimum Gasteiger partial charge on any atom is -0.412 e. The van der Waals surface area contributed by atoms with Crippen LogP contribution in [-0.2, 0) is 4.43 Å². The van der Waals surface area contributed by atoms with Gasteiger partial charge in [0.05, 0.1) is 5.60 Å². The van der Waals surface area contributed by atoms with E-state index in [1.54, 1.807) is 0 Å². The van der Waals surface area contributed by atoms with Gasteiger partial charge in [0.15, 0.2) is 8.32 Å². The fourth-order valence-corrected chi connectivity index (χ4v) is 4.22. The summed E-state index contributed by atoms with van der Waals surface area (Å²) in [6.45, 7) is 18.4. The first-order valence-corrected chi connectivity index (χ1v) is 9.25. The van der Waals surface area contributed by atoms with Crippen LogP contribution in [0.2, 0.25) is 18.1 Å². The minimum atomic E-state index is -1.61. The maximum absolute atomic E-state index is 6.52. The Labute approximate surface area is 97.7 Å². The Bertz CT molecular complexity index is 193. The molecule has 0 unspecified atom stereocenters. The average molecular weight is 230 g/mol. The summed E-state index contributed by atoms with van der Waals surface area (Å²) in [5, 5.41) is 0.360. The van der Waals surface area contributed by atoms with Crippen molar-refractivity contribution in [2.75, 3.05) is 0 Å². The Hall–Kier alpha value is 0.177. The first-order valence-electron chi connectivity index (χ1n) is 6.34. The van der Waals surface area contributed by atoms with Gasteiger partial charge in [-0.2, -0.15) is 0 Å². The topological polar surface area (TPSA) is 9.23 Å². The Morgan fingerprint density at radius 1 is 0.867 bits per heavy atom. The summed E-state index contributed by atoms with van der Waals surface area (Å²) in [5.74, 6) is 0. The van der Waals surface area contributed by atoms with Crippen molar-refractivity contribution in [3.8, 4) is 0 Å². The van der Waals surface area contributed by atoms with Crippen LogP contribution in [0.15, 0.2) is 0 Å². The largest absolute Gasteiger partial charge is 0.412 e. The van der Waals surface area contributed by atoms with Gasteiger partial charge in [-0.3, -0.25) is 0 Å². The van der Waals surface area contributed by atoms with E-state index in [0.717, 1.165) is 12.8 Å². The van der Waals surface area contributed by atoms with E-state index >= 15 is 0 Å². The van der Waals surface area contributed by atoms with Crippen molar-refractivity contribution in [1.82, 2.24) is 0 Å². The first kappa shape index (κ1) is 15.2. The highest BCUT2D eigenvalue weighted by Crippen LogP contribution is 2.43. The molecule has 0 fully saturated rings. The molecular weight excluding hydrogens is 200 g/mol. The predicted molar refractivity (Wildman–Crippen MR) is 71.9 cm³/mol. The highest BCUT2D eigenvalue weighted by atomic mass is 28.4. The zero-order chi connectivity index (χ0) is 12.3. The average Bonchev–Trinajstić information content (AvgIpc) is 2.16. The van der Waals surface area contributed by atoms with Gasteiger partial charge in [-0.1, -0.05) is 41.0 Å². The second-order valence-electron chi connectivity index (χ2n) is 6.01. The lowest BCUT2D eigenvalue weighted by molar-refractivity contribution is 0.0629. The number of hydrogen-bond acceptors (Lipinski definition) is 1. The molecule has 0 spiro atoms. The van der Waals surface area contributed by atoms with Crippen molar-refractivity contribution in [2.45, 2.75) is 84.5 Å². The molecule has 0 heterocycles. The van der Waals surface area contributed by atoms with Crippen LogP contribution in [0.3, 0.4) is 0 Å². The van der Waals surface area contributed by atoms with E-state index in [1.807, 2.05) is 0 Å². The first-order chi connectivity index (χ1) is 6.64. The van der Waals surface area contributed by atoms with Crippen molar-refractivity contribution in [3.05, 3.63) is 0 Å². The molecule has 2 heteroatoms. The molecule has 92 valence electrons. The molecule has 0 aliphatic rings. The smallest absolute Gasteiger partial charge is 0.193 e. The van der Waals surface area contributed by atoms with E-state index in [2.05, 4.69) is 54.6 Å². The Morgan fingerprint density at radius 2 is 1.27 bits per heavy atom. The Morgan fingerprint density at radius 3 is 1.53 bits per heavy atom. The normalized spacial score (nSPS) is 14.4. The van der Waals surface area contributed by atoms with Gasteiger partial charge < -0.3 is 4.43 Å². The summed E-state index contributed by atoms with van der Waals surface area (Å²) in [7, 11) is -1.61. The molecule has 15 heavy (non-hydrogen) atoms. The second kappa shape index (κ2) is 5.01. The molecular formula is C13H30OSi. The van der Waals surface area contributed by atoms with Crippen LogP contribution in [0.25, 0.3) is 0 Å². The predicted octanol–water partition coefficient (Wildman–Crippen LogP) is 4.98. The van der Waals surface area contributed by atoms with Crippen molar-refractivity contribution in [3.63, 3.8) is 0 Å². The summed E-state index contributed by atoms with van der Waals surface area (Å²) in [4.78, 5) is 0. The van der Waals surface area contributed by atoms with Gasteiger partial charge in [0.2, 0.25) is 0 Å². The van der Waals surface area contributed by atoms with Crippen LogP contribution >= 0.6 is 0 Å². The molecule has 0 atom stereocenters. The maximum Gasteiger partial charge on any atom is 0.193 e. The van der Waals surface area contributed by atoms with E-state index in [0.29, 0.717) is 5.04 Å². The molecule has 1 nitrogen and oxygen atoms in total. The van der Waals surface area contributed by atoms with Crippen LogP contribution in [-0.4, -0.2) is 13.9 Å². The van der Waals surface area contributed by atoms with Crippen LogP contribution in [0.1, 0.15) is 60.8 Å². The molecule has 0 aliphatic heterocycles. The second-order valence-corrected chi connectivity index (χ2v) is 10.6. The van der Waals surface area contributed by atoms with Gasteiger partial charge in [0, 0.05) is 0 Å². The maximum atomic E-state index is 6.52. The fraction of sp³-hybridized carbons (Fsp3) is 1.00. The van der Waals surface area contributed by atoms with Gasteiger partial charge in [-0.25, -0.2) is 0 Å². The van der Waals surface area contributed by atoms with Gasteiger partial charge in [-0.15, -0.1) is 0 Å². The quantitative estimate of drug-likeness (QED) is 0.585. The van der Waals surface area contributed by atoms with Crippen molar-refractivity contribution in [1.29, 1.82) is 0 Å². The zero-order valence-electron chi connectivity index (χ0n) is 12.0. The molecule has 0 amide bonds. The lowest BCUT2D eigenvalue weighted by atomic mass is 10.0. The van der Waals surface area contributed by atoms with E-state index < -0.39 is 8.32 Å². The third-order valence-corrected chi connectivity index (χ3v) is 9.13. The van der Waals surface area contributed by atoms with Crippen LogP contribution in [0.4, 0.5) is 0 Å². The third-order valence-electron chi connectivity index (χ3n) is 4.51. The molecule has 0 aromatic carbocycles. The number of hydrogen-bond donors (Lipinski definition) is 0. The SMILES string of the molecule is CCC(C)(CC)O[Si](C)(C)C(C)(C)CC. The molecule has 0 N–H and O–H groups in total. The zero-order valence-corrected chi connectivity index (χ0v) is 13.0. The summed E-state index contributed by atoms with van der Waals surface area (Å²) >= 11 is 0. The highest BCUT2D eigenvalue weighted by molar-refractivity contribution is 6.74. The molecule has 0 radical (unpaired) electrons. The molecule has 0 aromatic heterocycles. The van der Waals surface area contributed by atoms with Gasteiger partial charge in [0.1, 0.15) is 0 Å².